The molecular weight excluding hydrogens is 488 g/mol. The number of benzene rings is 3. The van der Waals surface area contributed by atoms with Gasteiger partial charge >= 0.3 is 0 Å². The zero-order valence-electron chi connectivity index (χ0n) is 21.3. The van der Waals surface area contributed by atoms with E-state index in [9.17, 15) is 9.59 Å². The fraction of sp³-hybridized carbons (Fsp3) is 0.207. The molecule has 4 aromatic rings. The molecule has 37 heavy (non-hydrogen) atoms. The maximum absolute atomic E-state index is 13.1. The van der Waals surface area contributed by atoms with Gasteiger partial charge in [0.05, 0.1) is 12.8 Å². The van der Waals surface area contributed by atoms with E-state index < -0.39 is 0 Å². The monoisotopic (exact) mass is 516 g/mol. The highest BCUT2D eigenvalue weighted by molar-refractivity contribution is 6.30. The van der Waals surface area contributed by atoms with Crippen molar-refractivity contribution in [3.63, 3.8) is 0 Å². The molecule has 1 aromatic heterocycles. The second kappa shape index (κ2) is 11.3. The zero-order valence-corrected chi connectivity index (χ0v) is 22.0. The van der Waals surface area contributed by atoms with E-state index in [0.717, 1.165) is 22.6 Å². The van der Waals surface area contributed by atoms with E-state index in [-0.39, 0.29) is 18.4 Å². The first kappa shape index (κ1) is 26.0. The molecule has 0 spiro atoms. The molecule has 0 saturated heterocycles. The van der Waals surface area contributed by atoms with Crippen LogP contribution in [-0.2, 0) is 4.79 Å². The molecule has 1 N–H and O–H groups in total. The Morgan fingerprint density at radius 1 is 1.00 bits per heavy atom. The van der Waals surface area contributed by atoms with E-state index in [1.807, 2.05) is 67.1 Å². The van der Waals surface area contributed by atoms with Gasteiger partial charge in [-0.25, -0.2) is 4.98 Å². The van der Waals surface area contributed by atoms with Crippen LogP contribution in [0.25, 0.3) is 16.9 Å². The third-order valence-electron chi connectivity index (χ3n) is 6.21. The molecule has 0 bridgehead atoms. The lowest BCUT2D eigenvalue weighted by atomic mass is 10.1. The molecule has 0 aliphatic rings. The number of halogens is 1. The van der Waals surface area contributed by atoms with Crippen molar-refractivity contribution in [3.05, 3.63) is 94.6 Å². The second-order valence-electron chi connectivity index (χ2n) is 8.69. The van der Waals surface area contributed by atoms with Crippen molar-refractivity contribution in [2.24, 2.45) is 0 Å². The van der Waals surface area contributed by atoms with Crippen LogP contribution in [0.1, 0.15) is 28.4 Å². The van der Waals surface area contributed by atoms with Crippen LogP contribution in [0.5, 0.6) is 5.75 Å². The van der Waals surface area contributed by atoms with Gasteiger partial charge in [0, 0.05) is 34.6 Å². The number of methoxy groups -OCH3 is 1. The number of nitrogens with one attached hydrogen (secondary N) is 1. The van der Waals surface area contributed by atoms with Gasteiger partial charge in [0.1, 0.15) is 12.3 Å². The molecule has 4 rings (SSSR count). The summed E-state index contributed by atoms with van der Waals surface area (Å²) in [7, 11) is 1.62. The average Bonchev–Trinajstić information content (AvgIpc) is 3.32. The summed E-state index contributed by atoms with van der Waals surface area (Å²) in [4.78, 5) is 32.3. The van der Waals surface area contributed by atoms with Crippen molar-refractivity contribution < 1.29 is 14.3 Å². The molecule has 7 nitrogen and oxygen atoms in total. The van der Waals surface area contributed by atoms with Gasteiger partial charge in [-0.05, 0) is 92.6 Å². The van der Waals surface area contributed by atoms with E-state index in [0.29, 0.717) is 28.8 Å². The van der Waals surface area contributed by atoms with Gasteiger partial charge < -0.3 is 9.64 Å². The van der Waals surface area contributed by atoms with Crippen LogP contribution in [-0.4, -0.2) is 46.5 Å². The van der Waals surface area contributed by atoms with Gasteiger partial charge in [-0.15, -0.1) is 0 Å². The van der Waals surface area contributed by atoms with Crippen molar-refractivity contribution in [2.75, 3.05) is 25.5 Å². The lowest BCUT2D eigenvalue weighted by molar-refractivity contribution is -0.116. The largest absolute Gasteiger partial charge is 0.497 e. The highest BCUT2D eigenvalue weighted by Gasteiger charge is 2.20. The number of rotatable bonds is 8. The Morgan fingerprint density at radius 2 is 1.70 bits per heavy atom. The van der Waals surface area contributed by atoms with Gasteiger partial charge in [-0.3, -0.25) is 19.5 Å². The Kier molecular flexibility index (Phi) is 7.94. The van der Waals surface area contributed by atoms with Gasteiger partial charge in [-0.2, -0.15) is 0 Å². The van der Waals surface area contributed by atoms with Crippen molar-refractivity contribution in [3.8, 4) is 22.7 Å². The summed E-state index contributed by atoms with van der Waals surface area (Å²) in [6.45, 7) is 6.18. The quantitative estimate of drug-likeness (QED) is 0.315. The standard InChI is InChI=1S/C29H29ClN4O3/c1-5-33(28(36)22-7-11-23(30)12-8-22)18-27(35)32-29-31-26(21-9-14-25(37-4)15-10-21)17-34(29)24-13-6-19(2)20(3)16-24/h6-17H,5,18H2,1-4H3,(H,31,32,35). The number of imidazole rings is 1. The molecule has 1 heterocycles. The van der Waals surface area contributed by atoms with Crippen LogP contribution in [0, 0.1) is 13.8 Å². The summed E-state index contributed by atoms with van der Waals surface area (Å²) >= 11 is 5.94. The minimum Gasteiger partial charge on any atom is -0.497 e. The molecule has 3 aromatic carbocycles. The van der Waals surface area contributed by atoms with E-state index in [1.165, 1.54) is 10.5 Å². The van der Waals surface area contributed by atoms with Crippen LogP contribution in [0.3, 0.4) is 0 Å². The highest BCUT2D eigenvalue weighted by Crippen LogP contribution is 2.27. The molecule has 8 heteroatoms. The maximum Gasteiger partial charge on any atom is 0.254 e. The van der Waals surface area contributed by atoms with Crippen molar-refractivity contribution in [1.82, 2.24) is 14.5 Å². The van der Waals surface area contributed by atoms with Crippen LogP contribution < -0.4 is 10.1 Å². The summed E-state index contributed by atoms with van der Waals surface area (Å²) in [5.41, 5.74) is 5.21. The van der Waals surface area contributed by atoms with E-state index >= 15 is 0 Å². The molecule has 2 amide bonds. The first-order valence-corrected chi connectivity index (χ1v) is 12.3. The number of likely N-dealkylation sites (N-methyl/N-ethyl adjacent to an activating group) is 1. The summed E-state index contributed by atoms with van der Waals surface area (Å²) in [6.07, 6.45) is 1.89. The number of aromatic nitrogens is 2. The molecule has 0 radical (unpaired) electrons. The van der Waals surface area contributed by atoms with Gasteiger partial charge in [0.15, 0.2) is 0 Å². The van der Waals surface area contributed by atoms with Crippen LogP contribution in [0.15, 0.2) is 72.9 Å². The number of carbonyl (C=O) groups excluding carboxylic acids is 2. The minimum absolute atomic E-state index is 0.115. The SMILES string of the molecule is CCN(CC(=O)Nc1nc(-c2ccc(OC)cc2)cn1-c1ccc(C)c(C)c1)C(=O)c1ccc(Cl)cc1. The molecule has 0 atom stereocenters. The fourth-order valence-corrected chi connectivity index (χ4v) is 4.01. The Hall–Kier alpha value is -4.10. The summed E-state index contributed by atoms with van der Waals surface area (Å²) in [6, 6.07) is 20.3. The summed E-state index contributed by atoms with van der Waals surface area (Å²) in [5.74, 6) is 0.525. The minimum atomic E-state index is -0.346. The predicted octanol–water partition coefficient (Wildman–Crippen LogP) is 5.92. The van der Waals surface area contributed by atoms with Crippen molar-refractivity contribution >= 4 is 29.4 Å². The molecule has 0 fully saturated rings. The molecule has 0 aliphatic heterocycles. The lowest BCUT2D eigenvalue weighted by Crippen LogP contribution is -2.38. The van der Waals surface area contributed by atoms with E-state index in [2.05, 4.69) is 12.2 Å². The molecule has 0 aliphatic carbocycles. The highest BCUT2D eigenvalue weighted by atomic mass is 35.5. The van der Waals surface area contributed by atoms with Gasteiger partial charge in [0.25, 0.3) is 5.91 Å². The van der Waals surface area contributed by atoms with Gasteiger partial charge in [0.2, 0.25) is 11.9 Å². The zero-order chi connectivity index (χ0) is 26.5. The van der Waals surface area contributed by atoms with Crippen LogP contribution >= 0.6 is 11.6 Å². The Bertz CT molecular complexity index is 1410. The summed E-state index contributed by atoms with van der Waals surface area (Å²) in [5, 5.41) is 3.45. The molecule has 190 valence electrons. The average molecular weight is 517 g/mol. The topological polar surface area (TPSA) is 76.5 Å². The first-order valence-electron chi connectivity index (χ1n) is 11.9. The summed E-state index contributed by atoms with van der Waals surface area (Å²) < 4.78 is 7.11. The number of anilines is 1. The maximum atomic E-state index is 13.1. The lowest BCUT2D eigenvalue weighted by Gasteiger charge is -2.20. The number of nitrogens with zero attached hydrogens (tertiary/aromatic N) is 3. The number of amides is 2. The number of hydrogen-bond acceptors (Lipinski definition) is 4. The van der Waals surface area contributed by atoms with Crippen LogP contribution in [0.4, 0.5) is 5.95 Å². The third-order valence-corrected chi connectivity index (χ3v) is 6.46. The third kappa shape index (κ3) is 6.01. The molecule has 0 saturated carbocycles. The number of hydrogen-bond donors (Lipinski definition) is 1. The predicted molar refractivity (Wildman–Crippen MR) is 147 cm³/mol. The van der Waals surface area contributed by atoms with E-state index in [4.69, 9.17) is 21.3 Å². The van der Waals surface area contributed by atoms with Crippen molar-refractivity contribution in [1.29, 1.82) is 0 Å². The Labute approximate surface area is 221 Å². The fourth-order valence-electron chi connectivity index (χ4n) is 3.88. The number of carbonyl (C=O) groups is 2. The smallest absolute Gasteiger partial charge is 0.254 e. The first-order chi connectivity index (χ1) is 17.8. The van der Waals surface area contributed by atoms with Crippen LogP contribution in [0.2, 0.25) is 5.02 Å². The van der Waals surface area contributed by atoms with E-state index in [1.54, 1.807) is 31.4 Å². The van der Waals surface area contributed by atoms with Gasteiger partial charge in [-0.1, -0.05) is 17.7 Å². The molecule has 0 unspecified atom stereocenters. The number of ether oxygens (including phenoxy) is 1. The van der Waals surface area contributed by atoms with Crippen molar-refractivity contribution in [2.45, 2.75) is 20.8 Å². The Balaban J connectivity index is 1.62. The second-order valence-corrected chi connectivity index (χ2v) is 9.13. The molecular formula is C29H29ClN4O3. The Morgan fingerprint density at radius 3 is 2.32 bits per heavy atom. The normalized spacial score (nSPS) is 10.7. The number of aryl methyl sites for hydroxylation is 2.